The number of nitrogens with zero attached hydrogens (tertiary/aromatic N) is 1. The van der Waals surface area contributed by atoms with Crippen molar-refractivity contribution < 1.29 is 14.3 Å². The van der Waals surface area contributed by atoms with Crippen molar-refractivity contribution in [2.45, 2.75) is 56.4 Å². The second-order valence-electron chi connectivity index (χ2n) is 5.50. The van der Waals surface area contributed by atoms with E-state index < -0.39 is 0 Å². The lowest BCUT2D eigenvalue weighted by Gasteiger charge is -2.23. The molecule has 0 radical (unpaired) electrons. The first-order valence-corrected chi connectivity index (χ1v) is 8.49. The minimum Gasteiger partial charge on any atom is -0.466 e. The fourth-order valence-electron chi connectivity index (χ4n) is 2.88. The van der Waals surface area contributed by atoms with Crippen molar-refractivity contribution in [3.8, 4) is 0 Å². The number of ether oxygens (including phenoxy) is 1. The van der Waals surface area contributed by atoms with Crippen molar-refractivity contribution in [3.05, 3.63) is 0 Å². The fraction of sp³-hybridized carbons (Fsp3) is 0.857. The Morgan fingerprint density at radius 3 is 3.05 bits per heavy atom. The molecule has 0 aliphatic carbocycles. The second kappa shape index (κ2) is 7.20. The highest BCUT2D eigenvalue weighted by Crippen LogP contribution is 2.36. The van der Waals surface area contributed by atoms with Gasteiger partial charge in [0, 0.05) is 24.5 Å². The third-order valence-corrected chi connectivity index (χ3v) is 5.44. The van der Waals surface area contributed by atoms with Gasteiger partial charge in [-0.15, -0.1) is 0 Å². The lowest BCUT2D eigenvalue weighted by Crippen LogP contribution is -2.38. The van der Waals surface area contributed by atoms with Crippen LogP contribution in [0.15, 0.2) is 0 Å². The monoisotopic (exact) mass is 300 g/mol. The van der Waals surface area contributed by atoms with E-state index in [1.807, 2.05) is 30.6 Å². The molecule has 0 aromatic carbocycles. The molecule has 3 atom stereocenters. The lowest BCUT2D eigenvalue weighted by molar-refractivity contribution is -0.143. The highest BCUT2D eigenvalue weighted by atomic mass is 32.2. The molecule has 2 fully saturated rings. The topological polar surface area (TPSA) is 58.6 Å². The predicted molar refractivity (Wildman–Crippen MR) is 79.8 cm³/mol. The Labute approximate surface area is 124 Å². The van der Waals surface area contributed by atoms with Crippen LogP contribution in [-0.4, -0.2) is 53.6 Å². The van der Waals surface area contributed by atoms with Crippen molar-refractivity contribution in [1.82, 2.24) is 10.2 Å². The van der Waals surface area contributed by atoms with E-state index in [1.165, 1.54) is 0 Å². The van der Waals surface area contributed by atoms with Crippen LogP contribution in [0, 0.1) is 0 Å². The molecule has 20 heavy (non-hydrogen) atoms. The number of fused-ring (bicyclic) bond motifs is 1. The largest absolute Gasteiger partial charge is 0.466 e. The van der Waals surface area contributed by atoms with Crippen LogP contribution >= 0.6 is 11.8 Å². The summed E-state index contributed by atoms with van der Waals surface area (Å²) in [6, 6.07) is 0.671. The summed E-state index contributed by atoms with van der Waals surface area (Å²) < 4.78 is 5.06. The Kier molecular flexibility index (Phi) is 5.57. The van der Waals surface area contributed by atoms with Gasteiger partial charge in [0.25, 0.3) is 0 Å². The number of hydrogen-bond donors (Lipinski definition) is 1. The Morgan fingerprint density at radius 1 is 1.50 bits per heavy atom. The Hall–Kier alpha value is -0.910. The molecule has 0 spiro atoms. The zero-order valence-corrected chi connectivity index (χ0v) is 13.1. The van der Waals surface area contributed by atoms with E-state index in [0.717, 1.165) is 31.4 Å². The molecular weight excluding hydrogens is 276 g/mol. The molecule has 2 aliphatic heterocycles. The molecular formula is C14H24N2O3S. The first kappa shape index (κ1) is 15.5. The van der Waals surface area contributed by atoms with E-state index in [2.05, 4.69) is 5.32 Å². The average molecular weight is 300 g/mol. The summed E-state index contributed by atoms with van der Waals surface area (Å²) in [6.45, 7) is 2.52. The predicted octanol–water partition coefficient (Wildman–Crippen LogP) is 2.01. The number of hydrogen-bond acceptors (Lipinski definition) is 4. The van der Waals surface area contributed by atoms with E-state index in [0.29, 0.717) is 30.4 Å². The summed E-state index contributed by atoms with van der Waals surface area (Å²) in [5.74, 6) is 0.919. The molecule has 5 nitrogen and oxygen atoms in total. The van der Waals surface area contributed by atoms with Gasteiger partial charge in [0.1, 0.15) is 0 Å². The third-order valence-electron chi connectivity index (χ3n) is 3.95. The fourth-order valence-corrected chi connectivity index (χ4v) is 4.52. The number of likely N-dealkylation sites (N-methyl/N-ethyl adjacent to an activating group) is 1. The molecule has 2 heterocycles. The highest BCUT2D eigenvalue weighted by molar-refractivity contribution is 8.00. The quantitative estimate of drug-likeness (QED) is 0.444. The Morgan fingerprint density at radius 2 is 2.30 bits per heavy atom. The van der Waals surface area contributed by atoms with Gasteiger partial charge >= 0.3 is 12.0 Å². The number of thioether (sulfide) groups is 1. The van der Waals surface area contributed by atoms with Gasteiger partial charge in [-0.2, -0.15) is 11.8 Å². The minimum absolute atomic E-state index is 0.0495. The summed E-state index contributed by atoms with van der Waals surface area (Å²) >= 11 is 1.94. The zero-order chi connectivity index (χ0) is 14.5. The van der Waals surface area contributed by atoms with E-state index in [1.54, 1.807) is 0 Å². The van der Waals surface area contributed by atoms with E-state index >= 15 is 0 Å². The molecule has 2 aliphatic rings. The van der Waals surface area contributed by atoms with Gasteiger partial charge < -0.3 is 15.0 Å². The highest BCUT2D eigenvalue weighted by Gasteiger charge is 2.46. The third kappa shape index (κ3) is 3.59. The van der Waals surface area contributed by atoms with Crippen molar-refractivity contribution in [2.75, 3.05) is 19.4 Å². The van der Waals surface area contributed by atoms with Gasteiger partial charge in [-0.05, 0) is 19.3 Å². The maximum absolute atomic E-state index is 11.6. The second-order valence-corrected chi connectivity index (χ2v) is 6.77. The maximum atomic E-state index is 11.6. The van der Waals surface area contributed by atoms with Crippen LogP contribution in [0.2, 0.25) is 0 Å². The number of nitrogens with one attached hydrogen (secondary N) is 1. The number of amides is 2. The van der Waals surface area contributed by atoms with Gasteiger partial charge in [0.05, 0.1) is 18.7 Å². The van der Waals surface area contributed by atoms with Crippen LogP contribution in [0.4, 0.5) is 4.79 Å². The maximum Gasteiger partial charge on any atom is 0.317 e. The number of rotatable bonds is 7. The molecule has 3 unspecified atom stereocenters. The molecule has 6 heteroatoms. The molecule has 2 rings (SSSR count). The normalized spacial score (nSPS) is 28.4. The van der Waals surface area contributed by atoms with Gasteiger partial charge in [-0.1, -0.05) is 13.3 Å². The van der Waals surface area contributed by atoms with Crippen LogP contribution in [0.1, 0.15) is 39.0 Å². The standard InChI is InChI=1S/C14H24N2O3S/c1-3-8-19-12(17)7-5-4-6-11-13-10(9-20-11)15-14(18)16(13)2/h10-11,13H,3-9H2,1-2H3,(H,15,18). The number of carbonyl (C=O) groups excluding carboxylic acids is 2. The van der Waals surface area contributed by atoms with Crippen molar-refractivity contribution in [2.24, 2.45) is 0 Å². The summed E-state index contributed by atoms with van der Waals surface area (Å²) in [6.07, 6.45) is 4.35. The average Bonchev–Trinajstić information content (AvgIpc) is 2.94. The Bertz CT molecular complexity index is 364. The van der Waals surface area contributed by atoms with Gasteiger partial charge in [0.2, 0.25) is 0 Å². The smallest absolute Gasteiger partial charge is 0.317 e. The first-order valence-electron chi connectivity index (χ1n) is 7.44. The molecule has 0 aromatic rings. The van der Waals surface area contributed by atoms with E-state index in [4.69, 9.17) is 4.74 Å². The van der Waals surface area contributed by atoms with Gasteiger partial charge in [-0.3, -0.25) is 4.79 Å². The number of urea groups is 1. The number of unbranched alkanes of at least 4 members (excludes halogenated alkanes) is 1. The number of carbonyl (C=O) groups is 2. The molecule has 0 saturated carbocycles. The summed E-state index contributed by atoms with van der Waals surface area (Å²) in [7, 11) is 1.88. The van der Waals surface area contributed by atoms with Crippen LogP contribution in [0.5, 0.6) is 0 Å². The van der Waals surface area contributed by atoms with Gasteiger partial charge in [0.15, 0.2) is 0 Å². The van der Waals surface area contributed by atoms with E-state index in [9.17, 15) is 9.59 Å². The minimum atomic E-state index is -0.0846. The summed E-state index contributed by atoms with van der Waals surface area (Å²) in [5.41, 5.74) is 0. The number of esters is 1. The Balaban J connectivity index is 1.65. The van der Waals surface area contributed by atoms with Gasteiger partial charge in [-0.25, -0.2) is 4.79 Å². The summed E-state index contributed by atoms with van der Waals surface area (Å²) in [5, 5.41) is 3.52. The zero-order valence-electron chi connectivity index (χ0n) is 12.3. The lowest BCUT2D eigenvalue weighted by atomic mass is 10.0. The molecule has 1 N–H and O–H groups in total. The molecule has 0 bridgehead atoms. The first-order chi connectivity index (χ1) is 9.63. The van der Waals surface area contributed by atoms with Crippen molar-refractivity contribution in [3.63, 3.8) is 0 Å². The summed E-state index contributed by atoms with van der Waals surface area (Å²) in [4.78, 5) is 24.8. The van der Waals surface area contributed by atoms with Crippen LogP contribution in [-0.2, 0) is 9.53 Å². The molecule has 114 valence electrons. The molecule has 2 saturated heterocycles. The van der Waals surface area contributed by atoms with E-state index in [-0.39, 0.29) is 12.0 Å². The van der Waals surface area contributed by atoms with Crippen molar-refractivity contribution >= 4 is 23.8 Å². The SMILES string of the molecule is CCCOC(=O)CCCCC1SCC2NC(=O)N(C)C21. The molecule has 0 aromatic heterocycles. The van der Waals surface area contributed by atoms with Crippen LogP contribution in [0.25, 0.3) is 0 Å². The van der Waals surface area contributed by atoms with Crippen LogP contribution < -0.4 is 5.32 Å². The van der Waals surface area contributed by atoms with Crippen molar-refractivity contribution in [1.29, 1.82) is 0 Å². The molecule has 2 amide bonds. The van der Waals surface area contributed by atoms with Crippen LogP contribution in [0.3, 0.4) is 0 Å².